The van der Waals surface area contributed by atoms with Crippen molar-refractivity contribution in [2.45, 2.75) is 223 Å². The zero-order valence-electron chi connectivity index (χ0n) is 56.9. The molecule has 1 fully saturated rings. The summed E-state index contributed by atoms with van der Waals surface area (Å²) in [5.41, 5.74) is 0. The lowest BCUT2D eigenvalue weighted by atomic mass is 9.91. The summed E-state index contributed by atoms with van der Waals surface area (Å²) in [7, 11) is 9.73. The molecule has 87 heavy (non-hydrogen) atoms. The molecular formula is C62H111N11O14. The number of likely N-dealkylation sites (N-methyl/N-ethyl adjacent to an activating group) is 7. The number of esters is 1. The van der Waals surface area contributed by atoms with E-state index in [9.17, 15) is 48.3 Å². The molecule has 1 aliphatic rings. The fourth-order valence-corrected chi connectivity index (χ4v) is 10.9. The van der Waals surface area contributed by atoms with E-state index in [0.29, 0.717) is 0 Å². The second-order valence-corrected chi connectivity index (χ2v) is 26.4. The molecule has 0 spiro atoms. The number of amides is 11. The van der Waals surface area contributed by atoms with Crippen molar-refractivity contribution in [3.05, 3.63) is 0 Å². The highest BCUT2D eigenvalue weighted by molar-refractivity contribution is 5.99. The Kier molecular flexibility index (Phi) is 32.1. The van der Waals surface area contributed by atoms with E-state index in [1.165, 1.54) is 87.7 Å². The Morgan fingerprint density at radius 1 is 0.483 bits per heavy atom. The summed E-state index contributed by atoms with van der Waals surface area (Å²) in [6, 6.07) is -12.7. The van der Waals surface area contributed by atoms with Gasteiger partial charge >= 0.3 is 5.97 Å². The maximum Gasteiger partial charge on any atom is 0.303 e. The monoisotopic (exact) mass is 1230 g/mol. The van der Waals surface area contributed by atoms with E-state index in [2.05, 4.69) is 21.3 Å². The normalized spacial score (nSPS) is 26.4. The zero-order valence-corrected chi connectivity index (χ0v) is 56.9. The molecule has 11 amide bonds. The van der Waals surface area contributed by atoms with Gasteiger partial charge in [0.15, 0.2) is 0 Å². The minimum atomic E-state index is -1.68. The van der Waals surface area contributed by atoms with Gasteiger partial charge in [-0.2, -0.15) is 0 Å². The second kappa shape index (κ2) is 35.6. The third-order valence-corrected chi connectivity index (χ3v) is 16.2. The van der Waals surface area contributed by atoms with Crippen LogP contribution >= 0.6 is 0 Å². The summed E-state index contributed by atoms with van der Waals surface area (Å²) in [5.74, 6) is -11.2. The van der Waals surface area contributed by atoms with Crippen molar-refractivity contribution in [1.29, 1.82) is 0 Å². The predicted molar refractivity (Wildman–Crippen MR) is 330 cm³/mol. The zero-order chi connectivity index (χ0) is 67.6. The largest absolute Gasteiger partial charge is 0.459 e. The number of aliphatic hydroxyl groups is 1. The first kappa shape index (κ1) is 78.6. The van der Waals surface area contributed by atoms with E-state index >= 15 is 14.4 Å². The summed E-state index contributed by atoms with van der Waals surface area (Å²) in [5, 5.41) is 21.0. The van der Waals surface area contributed by atoms with Gasteiger partial charge in [-0.3, -0.25) is 57.5 Å². The van der Waals surface area contributed by atoms with Crippen LogP contribution in [0.2, 0.25) is 0 Å². The highest BCUT2D eigenvalue weighted by atomic mass is 16.5. The van der Waals surface area contributed by atoms with Crippen molar-refractivity contribution in [3.8, 4) is 0 Å². The number of rotatable bonds is 16. The lowest BCUT2D eigenvalue weighted by Crippen LogP contribution is -2.64. The van der Waals surface area contributed by atoms with Gasteiger partial charge in [0.25, 0.3) is 0 Å². The number of aliphatic hydroxyl groups excluding tert-OH is 1. The number of nitrogens with one attached hydrogen (secondary N) is 4. The molecule has 498 valence electrons. The Balaban J connectivity index is 4.41. The molecule has 1 aliphatic heterocycles. The van der Waals surface area contributed by atoms with Crippen molar-refractivity contribution >= 4 is 70.9 Å². The third-order valence-electron chi connectivity index (χ3n) is 16.2. The predicted octanol–water partition coefficient (Wildman–Crippen LogP) is 2.26. The smallest absolute Gasteiger partial charge is 0.303 e. The SMILES string of the molecule is CC[C@@H]1NC(=O)C([C@H](OC(C)=O)[C@H](C)CCO)N(C)C(=O)[C@H](C(C)C)N(C)C(=O)[C@H](CC(C)C)N(C)C(=O)[C@H](CC(C)C)N(C)C(=O)[C@@H](C)NC(=O)[C@H](C)NC(=O)[C@H](CC(C)C)N(C)C(=O)[C@H](C(C)C)NC(=O)[C@H](CC(C)C)N(C)C(=O)CN(C)C1=O. The second-order valence-electron chi connectivity index (χ2n) is 26.4. The first-order valence-electron chi connectivity index (χ1n) is 30.9. The first-order chi connectivity index (χ1) is 40.1. The van der Waals surface area contributed by atoms with Crippen LogP contribution in [0.1, 0.15) is 156 Å². The molecule has 0 aromatic carbocycles. The molecule has 0 radical (unpaired) electrons. The number of hydrogen-bond donors (Lipinski definition) is 5. The van der Waals surface area contributed by atoms with Crippen LogP contribution in [0.4, 0.5) is 0 Å². The lowest BCUT2D eigenvalue weighted by Gasteiger charge is -2.42. The summed E-state index contributed by atoms with van der Waals surface area (Å²) in [4.78, 5) is 182. The summed E-state index contributed by atoms with van der Waals surface area (Å²) < 4.78 is 5.81. The number of ether oxygens (including phenoxy) is 1. The topological polar surface area (TPSA) is 305 Å². The highest BCUT2D eigenvalue weighted by Gasteiger charge is 2.47. The number of carbonyl (C=O) groups is 12. The van der Waals surface area contributed by atoms with Crippen LogP contribution < -0.4 is 21.3 Å². The highest BCUT2D eigenvalue weighted by Crippen LogP contribution is 2.27. The van der Waals surface area contributed by atoms with E-state index in [1.54, 1.807) is 41.5 Å². The molecule has 5 N–H and O–H groups in total. The Labute approximate surface area is 518 Å². The molecule has 0 aromatic heterocycles. The van der Waals surface area contributed by atoms with Gasteiger partial charge in [0.05, 0.1) is 6.54 Å². The molecule has 1 saturated heterocycles. The molecular weight excluding hydrogens is 1120 g/mol. The minimum absolute atomic E-state index is 0.00537. The molecule has 1 unspecified atom stereocenters. The van der Waals surface area contributed by atoms with Crippen LogP contribution in [-0.2, 0) is 62.3 Å². The number of nitrogens with zero attached hydrogens (tertiary/aromatic N) is 7. The van der Waals surface area contributed by atoms with Crippen molar-refractivity contribution < 1.29 is 67.4 Å². The molecule has 0 aliphatic carbocycles. The van der Waals surface area contributed by atoms with E-state index < -0.39 is 168 Å². The van der Waals surface area contributed by atoms with Gasteiger partial charge in [0.1, 0.15) is 66.5 Å². The number of hydrogen-bond acceptors (Lipinski definition) is 14. The molecule has 0 bridgehead atoms. The quantitative estimate of drug-likeness (QED) is 0.139. The van der Waals surface area contributed by atoms with Crippen LogP contribution in [0, 0.1) is 41.4 Å². The van der Waals surface area contributed by atoms with Gasteiger partial charge in [0, 0.05) is 62.9 Å². The summed E-state index contributed by atoms with van der Waals surface area (Å²) in [6.45, 7) is 27.8. The van der Waals surface area contributed by atoms with Crippen molar-refractivity contribution in [3.63, 3.8) is 0 Å². The molecule has 1 heterocycles. The van der Waals surface area contributed by atoms with E-state index in [0.717, 1.165) is 16.7 Å². The van der Waals surface area contributed by atoms with Gasteiger partial charge in [-0.25, -0.2) is 0 Å². The van der Waals surface area contributed by atoms with Gasteiger partial charge < -0.3 is 65.4 Å². The van der Waals surface area contributed by atoms with Crippen LogP contribution in [0.5, 0.6) is 0 Å². The van der Waals surface area contributed by atoms with E-state index in [4.69, 9.17) is 4.74 Å². The van der Waals surface area contributed by atoms with Crippen LogP contribution in [-0.4, -0.2) is 239 Å². The van der Waals surface area contributed by atoms with Crippen LogP contribution in [0.3, 0.4) is 0 Å². The molecule has 12 atom stereocenters. The van der Waals surface area contributed by atoms with E-state index in [1.807, 2.05) is 55.4 Å². The van der Waals surface area contributed by atoms with Crippen molar-refractivity contribution in [1.82, 2.24) is 55.6 Å². The van der Waals surface area contributed by atoms with Gasteiger partial charge in [-0.1, -0.05) is 96.9 Å². The number of carbonyl (C=O) groups excluding carboxylic acids is 12. The summed E-state index contributed by atoms with van der Waals surface area (Å²) >= 11 is 0. The van der Waals surface area contributed by atoms with Crippen molar-refractivity contribution in [2.24, 2.45) is 41.4 Å². The fourth-order valence-electron chi connectivity index (χ4n) is 10.9. The standard InChI is InChI=1S/C62H111N11O14/c1-25-43-58(82)67(18)32-48(76)68(19)44(28-33(2)3)55(79)66-49(37(10)11)61(85)69(20)45(29-34(4)5)54(78)63-40(15)53(77)64-41(16)57(81)70(21)46(30-35(6)7)59(83)71(22)47(31-36(8)9)60(84)72(23)50(38(12)13)62(86)73(24)51(56(80)65-43)52(87-42(17)75)39(14)26-27-74/h33-41,43-47,49-52,74H,25-32H2,1-24H3,(H,63,78)(H,64,77)(H,65,80)(H,66,79)/t39-,40+,41-,43+,44+,45+,46+,47+,49+,50+,51?,52-/m1/s1. The molecule has 25 heteroatoms. The van der Waals surface area contributed by atoms with Gasteiger partial charge in [-0.15, -0.1) is 0 Å². The Morgan fingerprint density at radius 2 is 0.897 bits per heavy atom. The average Bonchev–Trinajstić information content (AvgIpc) is 1.40. The maximum atomic E-state index is 15.3. The molecule has 0 aromatic rings. The first-order valence-corrected chi connectivity index (χ1v) is 30.9. The lowest BCUT2D eigenvalue weighted by molar-refractivity contribution is -0.164. The average molecular weight is 1230 g/mol. The Hall–Kier alpha value is -6.40. The minimum Gasteiger partial charge on any atom is -0.459 e. The third kappa shape index (κ3) is 22.3. The van der Waals surface area contributed by atoms with Crippen molar-refractivity contribution in [2.75, 3.05) is 62.5 Å². The Bertz CT molecular complexity index is 2380. The van der Waals surface area contributed by atoms with Crippen LogP contribution in [0.25, 0.3) is 0 Å². The van der Waals surface area contributed by atoms with Gasteiger partial charge in [-0.05, 0) is 93.8 Å². The summed E-state index contributed by atoms with van der Waals surface area (Å²) in [6.07, 6.45) is -0.925. The molecule has 1 rings (SSSR count). The Morgan fingerprint density at radius 3 is 1.33 bits per heavy atom. The van der Waals surface area contributed by atoms with Crippen LogP contribution in [0.15, 0.2) is 0 Å². The van der Waals surface area contributed by atoms with Gasteiger partial charge in [0.2, 0.25) is 65.0 Å². The molecule has 25 nitrogen and oxygen atoms in total. The van der Waals surface area contributed by atoms with E-state index in [-0.39, 0.29) is 62.2 Å². The maximum absolute atomic E-state index is 15.3. The fraction of sp³-hybridized carbons (Fsp3) is 0.806. The molecule has 0 saturated carbocycles.